The van der Waals surface area contributed by atoms with Crippen LogP contribution >= 0.6 is 0 Å². The second-order valence-electron chi connectivity index (χ2n) is 4.63. The Balaban J connectivity index is 2.44. The lowest BCUT2D eigenvalue weighted by molar-refractivity contribution is -0.780. The predicted octanol–water partition coefficient (Wildman–Crippen LogP) is 3.30. The molecule has 0 amide bonds. The number of rotatable bonds is 3. The molecule has 0 unspecified atom stereocenters. The molecule has 0 saturated carbocycles. The molecule has 0 N–H and O–H groups in total. The summed E-state index contributed by atoms with van der Waals surface area (Å²) in [4.78, 5) is 19.7. The predicted molar refractivity (Wildman–Crippen MR) is 69.9 cm³/mol. The molecule has 0 bridgehead atoms. The second-order valence-corrected chi connectivity index (χ2v) is 4.63. The number of nitrogens with zero attached hydrogens (tertiary/aromatic N) is 2. The van der Waals surface area contributed by atoms with E-state index < -0.39 is 33.7 Å². The normalized spacial score (nSPS) is 17.0. The zero-order chi connectivity index (χ0) is 16.5. The molecule has 2 rings (SSSR count). The van der Waals surface area contributed by atoms with Gasteiger partial charge in [-0.05, 0) is 23.3 Å². The highest BCUT2D eigenvalue weighted by Gasteiger charge is 2.53. The fourth-order valence-corrected chi connectivity index (χ4v) is 2.14. The summed E-state index contributed by atoms with van der Waals surface area (Å²) in [5.74, 6) is 0. The van der Waals surface area contributed by atoms with E-state index in [-0.39, 0.29) is 11.1 Å². The second kappa shape index (κ2) is 5.24. The van der Waals surface area contributed by atoms with Crippen molar-refractivity contribution in [3.8, 4) is 0 Å². The topological polar surface area (TPSA) is 86.3 Å². The molecule has 0 radical (unpaired) electrons. The van der Waals surface area contributed by atoms with Crippen molar-refractivity contribution in [2.24, 2.45) is 0 Å². The molecule has 22 heavy (non-hydrogen) atoms. The Labute approximate surface area is 121 Å². The average molecular weight is 314 g/mol. The van der Waals surface area contributed by atoms with E-state index in [2.05, 4.69) is 0 Å². The first kappa shape index (κ1) is 15.7. The van der Waals surface area contributed by atoms with Gasteiger partial charge in [-0.3, -0.25) is 20.2 Å². The molecule has 1 aromatic rings. The van der Waals surface area contributed by atoms with Gasteiger partial charge in [-0.25, -0.2) is 0 Å². The summed E-state index contributed by atoms with van der Waals surface area (Å²) >= 11 is 0. The third kappa shape index (κ3) is 2.57. The molecule has 0 aliphatic heterocycles. The lowest BCUT2D eigenvalue weighted by Gasteiger charge is -2.18. The highest BCUT2D eigenvalue weighted by Crippen LogP contribution is 2.37. The van der Waals surface area contributed by atoms with Crippen LogP contribution in [0.4, 0.5) is 13.2 Å². The molecular formula is C13H9F3N2O4. The maximum absolute atomic E-state index is 12.9. The fraction of sp³-hybridized carbons (Fsp3) is 0.231. The Morgan fingerprint density at radius 3 is 2.14 bits per heavy atom. The Kier molecular flexibility index (Phi) is 3.74. The standard InChI is InChI=1S/C13H9F3N2O4/c14-13(15,16)11-4-2-1-3-10(11)9-5-7-12(8-6-9,17(19)20)18(21)22/h1-7H,8H2. The van der Waals surface area contributed by atoms with Crippen LogP contribution in [-0.4, -0.2) is 15.5 Å². The van der Waals surface area contributed by atoms with Crippen LogP contribution in [0, 0.1) is 20.2 Å². The zero-order valence-electron chi connectivity index (χ0n) is 10.9. The zero-order valence-corrected chi connectivity index (χ0v) is 10.9. The molecule has 1 aromatic carbocycles. The Bertz CT molecular complexity index is 681. The van der Waals surface area contributed by atoms with Crippen LogP contribution in [0.3, 0.4) is 0 Å². The lowest BCUT2D eigenvalue weighted by Crippen LogP contribution is -2.44. The molecule has 1 aliphatic rings. The number of hydrogen-bond acceptors (Lipinski definition) is 4. The van der Waals surface area contributed by atoms with E-state index in [1.165, 1.54) is 18.2 Å². The number of alkyl halides is 3. The number of halogens is 3. The summed E-state index contributed by atoms with van der Waals surface area (Å²) < 4.78 is 38.8. The van der Waals surface area contributed by atoms with Crippen molar-refractivity contribution in [1.82, 2.24) is 0 Å². The van der Waals surface area contributed by atoms with Gasteiger partial charge in [0.05, 0.1) is 11.6 Å². The fourth-order valence-electron chi connectivity index (χ4n) is 2.14. The van der Waals surface area contributed by atoms with E-state index in [4.69, 9.17) is 0 Å². The van der Waals surface area contributed by atoms with Crippen LogP contribution < -0.4 is 0 Å². The molecule has 1 aliphatic carbocycles. The van der Waals surface area contributed by atoms with Gasteiger partial charge in [-0.1, -0.05) is 24.3 Å². The summed E-state index contributed by atoms with van der Waals surface area (Å²) in [6.45, 7) is 0. The molecule has 0 heterocycles. The third-order valence-electron chi connectivity index (χ3n) is 3.33. The first-order valence-corrected chi connectivity index (χ1v) is 6.03. The van der Waals surface area contributed by atoms with Gasteiger partial charge in [0.25, 0.3) is 0 Å². The first-order valence-electron chi connectivity index (χ1n) is 6.03. The molecule has 0 fully saturated rings. The molecule has 0 saturated heterocycles. The highest BCUT2D eigenvalue weighted by molar-refractivity contribution is 5.77. The van der Waals surface area contributed by atoms with Crippen molar-refractivity contribution < 1.29 is 23.0 Å². The molecule has 0 aromatic heterocycles. The maximum Gasteiger partial charge on any atom is 0.481 e. The molecular weight excluding hydrogens is 305 g/mol. The smallest absolute Gasteiger partial charge is 0.258 e. The van der Waals surface area contributed by atoms with Crippen LogP contribution in [0.25, 0.3) is 5.57 Å². The van der Waals surface area contributed by atoms with Gasteiger partial charge in [0.15, 0.2) is 0 Å². The molecule has 0 atom stereocenters. The van der Waals surface area contributed by atoms with Crippen LogP contribution in [-0.2, 0) is 6.18 Å². The number of hydrogen-bond donors (Lipinski definition) is 0. The van der Waals surface area contributed by atoms with E-state index in [1.807, 2.05) is 0 Å². The quantitative estimate of drug-likeness (QED) is 0.486. The minimum absolute atomic E-state index is 0.0623. The minimum Gasteiger partial charge on any atom is -0.258 e. The summed E-state index contributed by atoms with van der Waals surface area (Å²) in [6, 6.07) is 4.71. The van der Waals surface area contributed by atoms with Crippen LogP contribution in [0.2, 0.25) is 0 Å². The average Bonchev–Trinajstić information content (AvgIpc) is 2.46. The summed E-state index contributed by atoms with van der Waals surface area (Å²) in [7, 11) is 0. The maximum atomic E-state index is 12.9. The monoisotopic (exact) mass is 314 g/mol. The SMILES string of the molecule is O=[N+]([O-])C1([N+](=O)[O-])C=CC(c2ccccc2C(F)(F)F)=CC1. The Morgan fingerprint density at radius 2 is 1.68 bits per heavy atom. The molecule has 9 heteroatoms. The van der Waals surface area contributed by atoms with E-state index in [9.17, 15) is 33.4 Å². The van der Waals surface area contributed by atoms with Gasteiger partial charge in [0.1, 0.15) is 16.3 Å². The van der Waals surface area contributed by atoms with Crippen molar-refractivity contribution in [3.63, 3.8) is 0 Å². The van der Waals surface area contributed by atoms with Crippen LogP contribution in [0.5, 0.6) is 0 Å². The van der Waals surface area contributed by atoms with Gasteiger partial charge in [-0.2, -0.15) is 13.2 Å². The van der Waals surface area contributed by atoms with Crippen molar-refractivity contribution in [2.75, 3.05) is 0 Å². The summed E-state index contributed by atoms with van der Waals surface area (Å²) in [5.41, 5.74) is -3.55. The van der Waals surface area contributed by atoms with E-state index in [0.717, 1.165) is 24.3 Å². The summed E-state index contributed by atoms with van der Waals surface area (Å²) in [5, 5.41) is 21.8. The third-order valence-corrected chi connectivity index (χ3v) is 3.33. The van der Waals surface area contributed by atoms with E-state index in [0.29, 0.717) is 0 Å². The van der Waals surface area contributed by atoms with Gasteiger partial charge in [-0.15, -0.1) is 0 Å². The summed E-state index contributed by atoms with van der Waals surface area (Å²) in [6.07, 6.45) is -2.43. The molecule has 116 valence electrons. The van der Waals surface area contributed by atoms with Crippen molar-refractivity contribution in [2.45, 2.75) is 18.3 Å². The number of nitro groups is 2. The number of allylic oxidation sites excluding steroid dienone is 2. The molecule has 0 spiro atoms. The highest BCUT2D eigenvalue weighted by atomic mass is 19.4. The Hall–Kier alpha value is -2.71. The van der Waals surface area contributed by atoms with Gasteiger partial charge < -0.3 is 0 Å². The van der Waals surface area contributed by atoms with E-state index >= 15 is 0 Å². The van der Waals surface area contributed by atoms with Gasteiger partial charge in [0, 0.05) is 0 Å². The lowest BCUT2D eigenvalue weighted by atomic mass is 9.91. The van der Waals surface area contributed by atoms with Crippen molar-refractivity contribution in [1.29, 1.82) is 0 Å². The Morgan fingerprint density at radius 1 is 1.09 bits per heavy atom. The number of benzene rings is 1. The minimum atomic E-state index is -4.59. The molecule has 6 nitrogen and oxygen atoms in total. The van der Waals surface area contributed by atoms with Crippen LogP contribution in [0.15, 0.2) is 42.5 Å². The van der Waals surface area contributed by atoms with Gasteiger partial charge in [0.2, 0.25) is 0 Å². The first-order chi connectivity index (χ1) is 10.2. The van der Waals surface area contributed by atoms with Crippen molar-refractivity contribution >= 4 is 5.57 Å². The van der Waals surface area contributed by atoms with Gasteiger partial charge >= 0.3 is 11.8 Å². The van der Waals surface area contributed by atoms with E-state index in [1.54, 1.807) is 0 Å². The van der Waals surface area contributed by atoms with Crippen LogP contribution in [0.1, 0.15) is 17.5 Å². The largest absolute Gasteiger partial charge is 0.481 e. The van der Waals surface area contributed by atoms with Crippen molar-refractivity contribution in [3.05, 3.63) is 73.8 Å².